The normalized spacial score (nSPS) is 38.8. The van der Waals surface area contributed by atoms with E-state index >= 15 is 0 Å². The molecule has 3 atom stereocenters. The van der Waals surface area contributed by atoms with Gasteiger partial charge >= 0.3 is 0 Å². The lowest BCUT2D eigenvalue weighted by atomic mass is 9.86. The molecule has 106 valence electrons. The van der Waals surface area contributed by atoms with Gasteiger partial charge in [0, 0.05) is 32.5 Å². The van der Waals surface area contributed by atoms with Gasteiger partial charge in [-0.1, -0.05) is 0 Å². The van der Waals surface area contributed by atoms with Crippen LogP contribution in [0.2, 0.25) is 0 Å². The number of aliphatic hydroxyl groups excluding tert-OH is 3. The Labute approximate surface area is 105 Å². The Hall–Kier alpha value is -0.300. The van der Waals surface area contributed by atoms with E-state index in [1.807, 2.05) is 4.90 Å². The highest BCUT2D eigenvalue weighted by molar-refractivity contribution is 4.88. The van der Waals surface area contributed by atoms with E-state index in [0.717, 1.165) is 0 Å². The summed E-state index contributed by atoms with van der Waals surface area (Å²) in [4.78, 5) is 1.86. The predicted molar refractivity (Wildman–Crippen MR) is 61.4 cm³/mol. The largest absolute Gasteiger partial charge is 0.389 e. The van der Waals surface area contributed by atoms with Crippen molar-refractivity contribution in [1.29, 1.82) is 0 Å². The van der Waals surface area contributed by atoms with E-state index in [4.69, 9.17) is 0 Å². The molecule has 18 heavy (non-hydrogen) atoms. The molecule has 1 unspecified atom stereocenters. The van der Waals surface area contributed by atoms with Gasteiger partial charge in [0.1, 0.15) is 6.10 Å². The average Bonchev–Trinajstić information content (AvgIpc) is 2.29. The molecule has 0 amide bonds. The molecular formula is C12H21F2NO3. The van der Waals surface area contributed by atoms with Crippen molar-refractivity contribution in [3.63, 3.8) is 0 Å². The Morgan fingerprint density at radius 2 is 1.50 bits per heavy atom. The maximum absolute atomic E-state index is 13.0. The van der Waals surface area contributed by atoms with Gasteiger partial charge in [-0.15, -0.1) is 0 Å². The number of aliphatic hydroxyl groups is 3. The number of hydrogen-bond acceptors (Lipinski definition) is 4. The van der Waals surface area contributed by atoms with E-state index in [0.29, 0.717) is 32.5 Å². The van der Waals surface area contributed by atoms with E-state index < -0.39 is 24.2 Å². The predicted octanol–water partition coefficient (Wildman–Crippen LogP) is 0.210. The summed E-state index contributed by atoms with van der Waals surface area (Å²) in [6, 6.07) is 0. The molecule has 4 nitrogen and oxygen atoms in total. The molecule has 1 saturated heterocycles. The standard InChI is InChI=1S/C12H21F2NO3/c13-12(14)3-1-8(2-4-12)5-15-6-9(16)11(18)10(17)7-15/h8-11,16-18H,1-7H2/t9-,10+,11?. The van der Waals surface area contributed by atoms with Gasteiger partial charge < -0.3 is 15.3 Å². The lowest BCUT2D eigenvalue weighted by molar-refractivity contribution is -0.115. The fourth-order valence-corrected chi connectivity index (χ4v) is 2.87. The topological polar surface area (TPSA) is 63.9 Å². The minimum Gasteiger partial charge on any atom is -0.389 e. The number of β-amino-alcohol motifs (C(OH)–C–C–N with tert-alkyl or cyclic N) is 2. The zero-order valence-electron chi connectivity index (χ0n) is 10.3. The van der Waals surface area contributed by atoms with Crippen molar-refractivity contribution in [2.75, 3.05) is 19.6 Å². The Morgan fingerprint density at radius 1 is 1.00 bits per heavy atom. The summed E-state index contributed by atoms with van der Waals surface area (Å²) in [7, 11) is 0. The molecule has 2 fully saturated rings. The van der Waals surface area contributed by atoms with Crippen LogP contribution in [-0.2, 0) is 0 Å². The maximum Gasteiger partial charge on any atom is 0.248 e. The first-order valence-corrected chi connectivity index (χ1v) is 6.52. The monoisotopic (exact) mass is 265 g/mol. The summed E-state index contributed by atoms with van der Waals surface area (Å²) in [6.45, 7) is 1.20. The van der Waals surface area contributed by atoms with Crippen LogP contribution in [0.3, 0.4) is 0 Å². The number of alkyl halides is 2. The van der Waals surface area contributed by atoms with Crippen LogP contribution in [0, 0.1) is 5.92 Å². The highest BCUT2D eigenvalue weighted by atomic mass is 19.3. The Morgan fingerprint density at radius 3 is 2.00 bits per heavy atom. The van der Waals surface area contributed by atoms with Gasteiger partial charge in [-0.25, -0.2) is 8.78 Å². The molecule has 0 bridgehead atoms. The van der Waals surface area contributed by atoms with Crippen molar-refractivity contribution in [1.82, 2.24) is 4.90 Å². The van der Waals surface area contributed by atoms with Gasteiger partial charge in [-0.05, 0) is 18.8 Å². The van der Waals surface area contributed by atoms with Crippen LogP contribution < -0.4 is 0 Å². The van der Waals surface area contributed by atoms with Crippen LogP contribution in [0.4, 0.5) is 8.78 Å². The molecule has 0 radical (unpaired) electrons. The van der Waals surface area contributed by atoms with Crippen LogP contribution >= 0.6 is 0 Å². The fourth-order valence-electron chi connectivity index (χ4n) is 2.87. The molecule has 1 aliphatic heterocycles. The van der Waals surface area contributed by atoms with Crippen molar-refractivity contribution >= 4 is 0 Å². The molecule has 0 aromatic heterocycles. The third kappa shape index (κ3) is 3.38. The first kappa shape index (κ1) is 14.1. The average molecular weight is 265 g/mol. The number of halogens is 2. The summed E-state index contributed by atoms with van der Waals surface area (Å²) in [5.74, 6) is -2.33. The highest BCUT2D eigenvalue weighted by Gasteiger charge is 2.38. The first-order chi connectivity index (χ1) is 8.37. The van der Waals surface area contributed by atoms with Crippen LogP contribution in [0.15, 0.2) is 0 Å². The second-order valence-electron chi connectivity index (χ2n) is 5.64. The van der Waals surface area contributed by atoms with Crippen LogP contribution in [-0.4, -0.2) is 64.1 Å². The van der Waals surface area contributed by atoms with Gasteiger partial charge in [0.2, 0.25) is 5.92 Å². The van der Waals surface area contributed by atoms with Gasteiger partial charge in [-0.2, -0.15) is 0 Å². The summed E-state index contributed by atoms with van der Waals surface area (Å²) >= 11 is 0. The molecule has 3 N–H and O–H groups in total. The first-order valence-electron chi connectivity index (χ1n) is 6.52. The Bertz CT molecular complexity index is 268. The van der Waals surface area contributed by atoms with Crippen molar-refractivity contribution in [2.24, 2.45) is 5.92 Å². The molecule has 6 heteroatoms. The molecule has 1 saturated carbocycles. The lowest BCUT2D eigenvalue weighted by Crippen LogP contribution is -2.56. The van der Waals surface area contributed by atoms with E-state index in [1.54, 1.807) is 0 Å². The summed E-state index contributed by atoms with van der Waals surface area (Å²) < 4.78 is 26.0. The number of likely N-dealkylation sites (tertiary alicyclic amines) is 1. The molecule has 0 aromatic rings. The Kier molecular flexibility index (Phi) is 4.21. The SMILES string of the molecule is OC1[C@H](O)CN(CC2CCC(F)(F)CC2)C[C@@H]1O. The molecule has 0 aromatic carbocycles. The summed E-state index contributed by atoms with van der Waals surface area (Å²) in [5.41, 5.74) is 0. The Balaban J connectivity index is 1.80. The van der Waals surface area contributed by atoms with E-state index in [2.05, 4.69) is 0 Å². The highest BCUT2D eigenvalue weighted by Crippen LogP contribution is 2.36. The number of rotatable bonds is 2. The van der Waals surface area contributed by atoms with Gasteiger partial charge in [0.25, 0.3) is 0 Å². The van der Waals surface area contributed by atoms with E-state index in [9.17, 15) is 24.1 Å². The van der Waals surface area contributed by atoms with E-state index in [1.165, 1.54) is 0 Å². The van der Waals surface area contributed by atoms with Crippen molar-refractivity contribution in [2.45, 2.75) is 49.9 Å². The lowest BCUT2D eigenvalue weighted by Gasteiger charge is -2.39. The maximum atomic E-state index is 13.0. The third-order valence-electron chi connectivity index (χ3n) is 4.03. The van der Waals surface area contributed by atoms with Gasteiger partial charge in [-0.3, -0.25) is 4.90 Å². The zero-order chi connectivity index (χ0) is 13.3. The number of piperidine rings is 1. The van der Waals surface area contributed by atoms with Crippen LogP contribution in [0.25, 0.3) is 0 Å². The van der Waals surface area contributed by atoms with Crippen LogP contribution in [0.5, 0.6) is 0 Å². The minimum absolute atomic E-state index is 0.0702. The molecule has 2 aliphatic rings. The number of nitrogens with zero attached hydrogens (tertiary/aromatic N) is 1. The van der Waals surface area contributed by atoms with Crippen molar-refractivity contribution < 1.29 is 24.1 Å². The molecule has 0 spiro atoms. The minimum atomic E-state index is -2.52. The second kappa shape index (κ2) is 5.36. The van der Waals surface area contributed by atoms with E-state index in [-0.39, 0.29) is 18.8 Å². The number of hydrogen-bond donors (Lipinski definition) is 3. The van der Waals surface area contributed by atoms with Gasteiger partial charge in [0.05, 0.1) is 12.2 Å². The van der Waals surface area contributed by atoms with Crippen molar-refractivity contribution in [3.05, 3.63) is 0 Å². The second-order valence-corrected chi connectivity index (χ2v) is 5.64. The quantitative estimate of drug-likeness (QED) is 0.668. The van der Waals surface area contributed by atoms with Gasteiger partial charge in [0.15, 0.2) is 0 Å². The van der Waals surface area contributed by atoms with Crippen molar-refractivity contribution in [3.8, 4) is 0 Å². The third-order valence-corrected chi connectivity index (χ3v) is 4.03. The smallest absolute Gasteiger partial charge is 0.248 e. The molecule has 2 rings (SSSR count). The molecule has 1 heterocycles. The zero-order valence-corrected chi connectivity index (χ0v) is 10.3. The fraction of sp³-hybridized carbons (Fsp3) is 1.00. The molecular weight excluding hydrogens is 244 g/mol. The summed E-state index contributed by atoms with van der Waals surface area (Å²) in [6.07, 6.45) is -2.19. The molecule has 1 aliphatic carbocycles. The summed E-state index contributed by atoms with van der Waals surface area (Å²) in [5, 5.41) is 28.5. The van der Waals surface area contributed by atoms with Crippen LogP contribution in [0.1, 0.15) is 25.7 Å².